The van der Waals surface area contributed by atoms with Crippen molar-refractivity contribution in [1.29, 1.82) is 0 Å². The topological polar surface area (TPSA) is 72.9 Å². The average Bonchev–Trinajstić information content (AvgIpc) is 2.38. The molecule has 1 heterocycles. The molecular weight excluding hydrogens is 246 g/mol. The van der Waals surface area contributed by atoms with Gasteiger partial charge in [-0.3, -0.25) is 4.79 Å². The number of urea groups is 1. The highest BCUT2D eigenvalue weighted by molar-refractivity contribution is 5.75. The lowest BCUT2D eigenvalue weighted by molar-refractivity contribution is -0.137. The summed E-state index contributed by atoms with van der Waals surface area (Å²) in [5.74, 6) is -0.877. The molecule has 0 radical (unpaired) electrons. The van der Waals surface area contributed by atoms with Crippen molar-refractivity contribution in [3.8, 4) is 0 Å². The first-order valence-corrected chi connectivity index (χ1v) is 6.99. The molecule has 6 nitrogen and oxygen atoms in total. The number of nitrogens with zero attached hydrogens (tertiary/aromatic N) is 2. The van der Waals surface area contributed by atoms with Crippen LogP contribution in [0.5, 0.6) is 0 Å². The summed E-state index contributed by atoms with van der Waals surface area (Å²) < 4.78 is 0. The predicted octanol–water partition coefficient (Wildman–Crippen LogP) is 0.977. The third-order valence-corrected chi connectivity index (χ3v) is 3.67. The van der Waals surface area contributed by atoms with Crippen molar-refractivity contribution in [3.05, 3.63) is 0 Å². The van der Waals surface area contributed by atoms with E-state index in [-0.39, 0.29) is 19.0 Å². The Labute approximate surface area is 114 Å². The second-order valence-electron chi connectivity index (χ2n) is 5.04. The van der Waals surface area contributed by atoms with Crippen molar-refractivity contribution in [2.24, 2.45) is 0 Å². The molecule has 2 amide bonds. The molecule has 1 fully saturated rings. The SMILES string of the molecule is CCN(CCC(=O)O)C(=O)NCC1CCCCN1C. The zero-order chi connectivity index (χ0) is 14.3. The summed E-state index contributed by atoms with van der Waals surface area (Å²) in [5.41, 5.74) is 0. The lowest BCUT2D eigenvalue weighted by atomic mass is 10.0. The number of carbonyl (C=O) groups excluding carboxylic acids is 1. The number of nitrogens with one attached hydrogen (secondary N) is 1. The van der Waals surface area contributed by atoms with Gasteiger partial charge in [-0.1, -0.05) is 6.42 Å². The van der Waals surface area contributed by atoms with Crippen molar-refractivity contribution in [2.45, 2.75) is 38.6 Å². The van der Waals surface area contributed by atoms with Gasteiger partial charge in [0, 0.05) is 25.7 Å². The molecule has 1 atom stereocenters. The van der Waals surface area contributed by atoms with Crippen LogP contribution in [0.4, 0.5) is 4.79 Å². The number of hydrogen-bond acceptors (Lipinski definition) is 3. The first-order chi connectivity index (χ1) is 9.04. The number of carboxylic acids is 1. The molecule has 0 aromatic carbocycles. The van der Waals surface area contributed by atoms with E-state index in [1.807, 2.05) is 6.92 Å². The van der Waals surface area contributed by atoms with E-state index in [4.69, 9.17) is 5.11 Å². The minimum Gasteiger partial charge on any atom is -0.481 e. The molecule has 2 N–H and O–H groups in total. The lowest BCUT2D eigenvalue weighted by Crippen LogP contribution is -2.48. The van der Waals surface area contributed by atoms with Crippen LogP contribution >= 0.6 is 0 Å². The summed E-state index contributed by atoms with van der Waals surface area (Å²) in [7, 11) is 2.08. The molecule has 1 aliphatic heterocycles. The van der Waals surface area contributed by atoms with Crippen LogP contribution in [-0.2, 0) is 4.79 Å². The highest BCUT2D eigenvalue weighted by atomic mass is 16.4. The van der Waals surface area contributed by atoms with E-state index in [9.17, 15) is 9.59 Å². The molecule has 6 heteroatoms. The van der Waals surface area contributed by atoms with Crippen molar-refractivity contribution < 1.29 is 14.7 Å². The largest absolute Gasteiger partial charge is 0.481 e. The van der Waals surface area contributed by atoms with E-state index in [0.717, 1.165) is 13.0 Å². The van der Waals surface area contributed by atoms with Crippen molar-refractivity contribution >= 4 is 12.0 Å². The standard InChI is InChI=1S/C13H25N3O3/c1-3-16(9-7-12(17)18)13(19)14-10-11-6-4-5-8-15(11)2/h11H,3-10H2,1-2H3,(H,14,19)(H,17,18). The van der Waals surface area contributed by atoms with Gasteiger partial charge < -0.3 is 20.2 Å². The van der Waals surface area contributed by atoms with Crippen LogP contribution in [-0.4, -0.2) is 66.2 Å². The first-order valence-electron chi connectivity index (χ1n) is 6.99. The Balaban J connectivity index is 2.33. The summed E-state index contributed by atoms with van der Waals surface area (Å²) in [5, 5.41) is 11.6. The van der Waals surface area contributed by atoms with Crippen LogP contribution in [0, 0.1) is 0 Å². The van der Waals surface area contributed by atoms with Crippen LogP contribution in [0.25, 0.3) is 0 Å². The number of rotatable bonds is 6. The fourth-order valence-electron chi connectivity index (χ4n) is 2.35. The molecule has 19 heavy (non-hydrogen) atoms. The average molecular weight is 271 g/mol. The van der Waals surface area contributed by atoms with Crippen molar-refractivity contribution in [2.75, 3.05) is 33.2 Å². The summed E-state index contributed by atoms with van der Waals surface area (Å²) in [6.45, 7) is 4.36. The van der Waals surface area contributed by atoms with E-state index in [2.05, 4.69) is 17.3 Å². The highest BCUT2D eigenvalue weighted by Gasteiger charge is 2.20. The van der Waals surface area contributed by atoms with Gasteiger partial charge >= 0.3 is 12.0 Å². The molecular formula is C13H25N3O3. The van der Waals surface area contributed by atoms with E-state index in [1.165, 1.54) is 17.7 Å². The molecule has 0 spiro atoms. The Hall–Kier alpha value is -1.30. The lowest BCUT2D eigenvalue weighted by Gasteiger charge is -2.33. The smallest absolute Gasteiger partial charge is 0.317 e. The molecule has 0 bridgehead atoms. The van der Waals surface area contributed by atoms with Crippen LogP contribution in [0.3, 0.4) is 0 Å². The van der Waals surface area contributed by atoms with E-state index in [1.54, 1.807) is 0 Å². The van der Waals surface area contributed by atoms with Gasteiger partial charge in [0.05, 0.1) is 6.42 Å². The summed E-state index contributed by atoms with van der Waals surface area (Å²) in [4.78, 5) is 26.3. The van der Waals surface area contributed by atoms with Crippen molar-refractivity contribution in [1.82, 2.24) is 15.1 Å². The maximum absolute atomic E-state index is 11.9. The Morgan fingerprint density at radius 2 is 2.16 bits per heavy atom. The molecule has 0 aromatic heterocycles. The van der Waals surface area contributed by atoms with E-state index < -0.39 is 5.97 Å². The third kappa shape index (κ3) is 5.46. The van der Waals surface area contributed by atoms with Gasteiger partial charge in [-0.05, 0) is 33.4 Å². The summed E-state index contributed by atoms with van der Waals surface area (Å²) in [6.07, 6.45) is 3.53. The predicted molar refractivity (Wildman–Crippen MR) is 73.2 cm³/mol. The third-order valence-electron chi connectivity index (χ3n) is 3.67. The fourth-order valence-corrected chi connectivity index (χ4v) is 2.35. The van der Waals surface area contributed by atoms with Gasteiger partial charge in [0.1, 0.15) is 0 Å². The summed E-state index contributed by atoms with van der Waals surface area (Å²) in [6, 6.07) is 0.235. The number of piperidine rings is 1. The van der Waals surface area contributed by atoms with Gasteiger partial charge in [0.2, 0.25) is 0 Å². The van der Waals surface area contributed by atoms with Crippen LogP contribution < -0.4 is 5.32 Å². The minimum absolute atomic E-state index is 0.00933. The molecule has 1 aliphatic rings. The molecule has 1 saturated heterocycles. The number of likely N-dealkylation sites (N-methyl/N-ethyl adjacent to an activating group) is 1. The first kappa shape index (κ1) is 15.8. The van der Waals surface area contributed by atoms with Crippen LogP contribution in [0.15, 0.2) is 0 Å². The molecule has 0 aliphatic carbocycles. The Morgan fingerprint density at radius 3 is 2.74 bits per heavy atom. The van der Waals surface area contributed by atoms with Gasteiger partial charge in [-0.15, -0.1) is 0 Å². The van der Waals surface area contributed by atoms with Gasteiger partial charge in [0.15, 0.2) is 0 Å². The number of likely N-dealkylation sites (tertiary alicyclic amines) is 1. The number of hydrogen-bond donors (Lipinski definition) is 2. The van der Waals surface area contributed by atoms with Crippen molar-refractivity contribution in [3.63, 3.8) is 0 Å². The second-order valence-corrected chi connectivity index (χ2v) is 5.04. The second kappa shape index (κ2) is 7.99. The zero-order valence-corrected chi connectivity index (χ0v) is 11.9. The van der Waals surface area contributed by atoms with Crippen LogP contribution in [0.2, 0.25) is 0 Å². The van der Waals surface area contributed by atoms with Gasteiger partial charge in [-0.25, -0.2) is 4.79 Å². The summed E-state index contributed by atoms with van der Waals surface area (Å²) >= 11 is 0. The normalized spacial score (nSPS) is 20.0. The molecule has 110 valence electrons. The maximum atomic E-state index is 11.9. The number of amides is 2. The number of carbonyl (C=O) groups is 2. The van der Waals surface area contributed by atoms with E-state index in [0.29, 0.717) is 19.1 Å². The quantitative estimate of drug-likeness (QED) is 0.755. The minimum atomic E-state index is -0.877. The Bertz CT molecular complexity index is 310. The zero-order valence-electron chi connectivity index (χ0n) is 11.9. The fraction of sp³-hybridized carbons (Fsp3) is 0.846. The molecule has 0 saturated carbocycles. The van der Waals surface area contributed by atoms with Gasteiger partial charge in [0.25, 0.3) is 0 Å². The molecule has 1 unspecified atom stereocenters. The van der Waals surface area contributed by atoms with Crippen LogP contribution in [0.1, 0.15) is 32.6 Å². The highest BCUT2D eigenvalue weighted by Crippen LogP contribution is 2.14. The number of carboxylic acid groups (broad SMARTS) is 1. The Kier molecular flexibility index (Phi) is 6.62. The van der Waals surface area contributed by atoms with Gasteiger partial charge in [-0.2, -0.15) is 0 Å². The molecule has 0 aromatic rings. The molecule has 1 rings (SSSR count). The van der Waals surface area contributed by atoms with E-state index >= 15 is 0 Å². The number of aliphatic carboxylic acids is 1. The monoisotopic (exact) mass is 271 g/mol. The Morgan fingerprint density at radius 1 is 1.42 bits per heavy atom. The maximum Gasteiger partial charge on any atom is 0.317 e.